The lowest BCUT2D eigenvalue weighted by Gasteiger charge is -2.37. The first-order valence-corrected chi connectivity index (χ1v) is 11.4. The van der Waals surface area contributed by atoms with Gasteiger partial charge in [0, 0.05) is 52.5 Å². The lowest BCUT2D eigenvalue weighted by atomic mass is 10.2. The summed E-state index contributed by atoms with van der Waals surface area (Å²) in [6.45, 7) is 9.41. The molecule has 174 valence electrons. The maximum absolute atomic E-state index is 13.0. The Hall–Kier alpha value is -3.40. The third-order valence-electron chi connectivity index (χ3n) is 6.90. The van der Waals surface area contributed by atoms with Crippen molar-refractivity contribution in [3.8, 4) is 0 Å². The van der Waals surface area contributed by atoms with E-state index in [1.54, 1.807) is 7.05 Å². The fraction of sp³-hybridized carbons (Fsp3) is 0.478. The fourth-order valence-corrected chi connectivity index (χ4v) is 4.71. The zero-order chi connectivity index (χ0) is 23.3. The van der Waals surface area contributed by atoms with Crippen LogP contribution < -0.4 is 21.2 Å². The average Bonchev–Trinajstić information content (AvgIpc) is 3.25. The highest BCUT2D eigenvalue weighted by molar-refractivity contribution is 5.91. The molecule has 1 fully saturated rings. The van der Waals surface area contributed by atoms with Crippen molar-refractivity contribution in [2.45, 2.75) is 19.9 Å². The van der Waals surface area contributed by atoms with Crippen molar-refractivity contribution in [1.29, 1.82) is 0 Å². The number of piperazine rings is 1. The molecule has 0 N–H and O–H groups in total. The highest BCUT2D eigenvalue weighted by atomic mass is 16.2. The van der Waals surface area contributed by atoms with Gasteiger partial charge >= 0.3 is 5.69 Å². The highest BCUT2D eigenvalue weighted by Crippen LogP contribution is 2.29. The second-order valence-corrected chi connectivity index (χ2v) is 8.86. The number of anilines is 2. The summed E-state index contributed by atoms with van der Waals surface area (Å²) in [5.41, 5.74) is 2.31. The number of para-hydroxylation sites is 1. The second kappa shape index (κ2) is 8.18. The molecule has 1 unspecified atom stereocenters. The van der Waals surface area contributed by atoms with Gasteiger partial charge in [-0.2, -0.15) is 10.1 Å². The topological polar surface area (TPSA) is 83.9 Å². The van der Waals surface area contributed by atoms with Crippen LogP contribution in [0, 0.1) is 0 Å². The van der Waals surface area contributed by atoms with Gasteiger partial charge < -0.3 is 4.90 Å². The predicted octanol–water partition coefficient (Wildman–Crippen LogP) is 1.01. The number of hydrazone groups is 1. The third-order valence-corrected chi connectivity index (χ3v) is 6.90. The van der Waals surface area contributed by atoms with Gasteiger partial charge in [0.25, 0.3) is 5.56 Å². The lowest BCUT2D eigenvalue weighted by Crippen LogP contribution is -2.48. The van der Waals surface area contributed by atoms with Crippen LogP contribution in [0.1, 0.15) is 19.9 Å². The summed E-state index contributed by atoms with van der Waals surface area (Å²) in [4.78, 5) is 34.9. The van der Waals surface area contributed by atoms with Gasteiger partial charge in [0.2, 0.25) is 5.95 Å². The molecule has 0 aliphatic carbocycles. The molecule has 33 heavy (non-hydrogen) atoms. The summed E-state index contributed by atoms with van der Waals surface area (Å²) in [6, 6.07) is 10.4. The monoisotopic (exact) mass is 450 g/mol. The summed E-state index contributed by atoms with van der Waals surface area (Å²) in [5.74, 6) is 0.615. The molecular formula is C23H30N8O2. The van der Waals surface area contributed by atoms with Gasteiger partial charge in [0.1, 0.15) is 0 Å². The van der Waals surface area contributed by atoms with Crippen molar-refractivity contribution in [2.24, 2.45) is 19.2 Å². The minimum Gasteiger partial charge on any atom is -0.369 e. The Bertz CT molecular complexity index is 1330. The summed E-state index contributed by atoms with van der Waals surface area (Å²) in [6.07, 6.45) is 0. The van der Waals surface area contributed by atoms with Crippen LogP contribution in [0.5, 0.6) is 0 Å². The maximum atomic E-state index is 13.0. The van der Waals surface area contributed by atoms with Gasteiger partial charge in [-0.05, 0) is 26.0 Å². The molecule has 10 nitrogen and oxygen atoms in total. The van der Waals surface area contributed by atoms with Crippen molar-refractivity contribution >= 4 is 28.5 Å². The highest BCUT2D eigenvalue weighted by Gasteiger charge is 2.30. The molecule has 1 atom stereocenters. The Labute approximate surface area is 192 Å². The summed E-state index contributed by atoms with van der Waals surface area (Å²) >= 11 is 0. The molecule has 0 radical (unpaired) electrons. The summed E-state index contributed by atoms with van der Waals surface area (Å²) in [7, 11) is 3.16. The minimum absolute atomic E-state index is 0.110. The molecule has 0 saturated carbocycles. The van der Waals surface area contributed by atoms with Crippen LogP contribution in [0.15, 0.2) is 45.0 Å². The number of benzene rings is 1. The van der Waals surface area contributed by atoms with Crippen LogP contribution in [0.4, 0.5) is 11.6 Å². The standard InChI is InChI=1S/C23H30N8O2/c1-16-17(2)31-19-20(26(3)23(33)27(4)21(19)32)24-22(31)30(25-16)15-12-28-10-13-29(14-11-28)18-8-6-5-7-9-18/h5-9,17H,10-15H2,1-4H3. The first kappa shape index (κ1) is 21.4. The molecule has 0 spiro atoms. The fourth-order valence-electron chi connectivity index (χ4n) is 4.71. The Morgan fingerprint density at radius 3 is 2.36 bits per heavy atom. The molecule has 0 amide bonds. The van der Waals surface area contributed by atoms with Gasteiger partial charge in [0.05, 0.1) is 18.3 Å². The molecule has 3 aromatic rings. The van der Waals surface area contributed by atoms with E-state index < -0.39 is 0 Å². The van der Waals surface area contributed by atoms with Crippen LogP contribution in [-0.4, -0.2) is 68.6 Å². The number of aryl methyl sites for hydroxylation is 1. The Morgan fingerprint density at radius 2 is 1.67 bits per heavy atom. The molecule has 1 saturated heterocycles. The summed E-state index contributed by atoms with van der Waals surface area (Å²) in [5, 5.41) is 6.66. The number of imidazole rings is 1. The van der Waals surface area contributed by atoms with E-state index in [9.17, 15) is 9.59 Å². The van der Waals surface area contributed by atoms with Crippen molar-refractivity contribution < 1.29 is 0 Å². The van der Waals surface area contributed by atoms with E-state index in [-0.39, 0.29) is 17.3 Å². The van der Waals surface area contributed by atoms with Gasteiger partial charge in [-0.15, -0.1) is 0 Å². The largest absolute Gasteiger partial charge is 0.369 e. The van der Waals surface area contributed by atoms with Crippen LogP contribution in [0.25, 0.3) is 11.2 Å². The van der Waals surface area contributed by atoms with E-state index in [4.69, 9.17) is 10.1 Å². The number of hydrogen-bond acceptors (Lipinski definition) is 7. The zero-order valence-electron chi connectivity index (χ0n) is 19.6. The van der Waals surface area contributed by atoms with E-state index in [1.807, 2.05) is 29.5 Å². The van der Waals surface area contributed by atoms with E-state index in [1.165, 1.54) is 17.3 Å². The maximum Gasteiger partial charge on any atom is 0.332 e. The van der Waals surface area contributed by atoms with Crippen molar-refractivity contribution in [2.75, 3.05) is 49.2 Å². The SMILES string of the molecule is CC1=NN(CCN2CCN(c3ccccc3)CC2)c2nc3c(c(=O)n(C)c(=O)n3C)n2C1C. The molecule has 1 aromatic carbocycles. The molecule has 2 aliphatic heterocycles. The van der Waals surface area contributed by atoms with Gasteiger partial charge in [-0.25, -0.2) is 9.80 Å². The van der Waals surface area contributed by atoms with Crippen molar-refractivity contribution in [1.82, 2.24) is 23.6 Å². The van der Waals surface area contributed by atoms with Crippen LogP contribution in [0.2, 0.25) is 0 Å². The first-order chi connectivity index (χ1) is 15.9. The number of nitrogens with zero attached hydrogens (tertiary/aromatic N) is 8. The second-order valence-electron chi connectivity index (χ2n) is 8.86. The van der Waals surface area contributed by atoms with Crippen LogP contribution >= 0.6 is 0 Å². The van der Waals surface area contributed by atoms with Gasteiger partial charge in [-0.1, -0.05) is 18.2 Å². The van der Waals surface area contributed by atoms with E-state index >= 15 is 0 Å². The quantitative estimate of drug-likeness (QED) is 0.590. The minimum atomic E-state index is -0.379. The molecule has 10 heteroatoms. The van der Waals surface area contributed by atoms with E-state index in [0.29, 0.717) is 23.7 Å². The number of fused-ring (bicyclic) bond motifs is 3. The molecule has 0 bridgehead atoms. The molecule has 4 heterocycles. The van der Waals surface area contributed by atoms with Crippen molar-refractivity contribution in [3.05, 3.63) is 51.2 Å². The van der Waals surface area contributed by atoms with Crippen molar-refractivity contribution in [3.63, 3.8) is 0 Å². The third kappa shape index (κ3) is 3.54. The normalized spacial score (nSPS) is 19.2. The molecule has 2 aliphatic rings. The molecule has 2 aromatic heterocycles. The predicted molar refractivity (Wildman–Crippen MR) is 130 cm³/mol. The Balaban J connectivity index is 1.37. The number of rotatable bonds is 4. The number of aromatic nitrogens is 4. The average molecular weight is 451 g/mol. The van der Waals surface area contributed by atoms with E-state index in [2.05, 4.69) is 34.1 Å². The zero-order valence-corrected chi connectivity index (χ0v) is 19.6. The first-order valence-electron chi connectivity index (χ1n) is 11.4. The molecule has 5 rings (SSSR count). The van der Waals surface area contributed by atoms with E-state index in [0.717, 1.165) is 43.0 Å². The molecular weight excluding hydrogens is 420 g/mol. The smallest absolute Gasteiger partial charge is 0.332 e. The lowest BCUT2D eigenvalue weighted by molar-refractivity contribution is 0.262. The number of hydrogen-bond donors (Lipinski definition) is 0. The van der Waals surface area contributed by atoms with Gasteiger partial charge in [0.15, 0.2) is 11.2 Å². The van der Waals surface area contributed by atoms with Gasteiger partial charge in [-0.3, -0.25) is 23.4 Å². The Kier molecular flexibility index (Phi) is 5.32. The Morgan fingerprint density at radius 1 is 0.970 bits per heavy atom. The van der Waals surface area contributed by atoms with Crippen LogP contribution in [-0.2, 0) is 14.1 Å². The van der Waals surface area contributed by atoms with Crippen LogP contribution in [0.3, 0.4) is 0 Å². The summed E-state index contributed by atoms with van der Waals surface area (Å²) < 4.78 is 4.50.